The second-order valence-corrected chi connectivity index (χ2v) is 4.25. The molecule has 2 aromatic carbocycles. The largest absolute Gasteiger partial charge is 0.465 e. The van der Waals surface area contributed by atoms with Crippen molar-refractivity contribution in [2.24, 2.45) is 0 Å². The van der Waals surface area contributed by atoms with Crippen LogP contribution >= 0.6 is 11.6 Å². The van der Waals surface area contributed by atoms with Gasteiger partial charge in [-0.15, -0.1) is 0 Å². The van der Waals surface area contributed by atoms with Crippen LogP contribution < -0.4 is 5.32 Å². The summed E-state index contributed by atoms with van der Waals surface area (Å²) >= 11 is 5.94. The fourth-order valence-corrected chi connectivity index (χ4v) is 1.91. The lowest BCUT2D eigenvalue weighted by atomic mass is 10.0. The van der Waals surface area contributed by atoms with Crippen molar-refractivity contribution < 1.29 is 9.90 Å². The molecule has 4 nitrogen and oxygen atoms in total. The van der Waals surface area contributed by atoms with Gasteiger partial charge in [0.25, 0.3) is 0 Å². The Morgan fingerprint density at radius 2 is 2.05 bits per heavy atom. The fourth-order valence-electron chi connectivity index (χ4n) is 1.74. The molecule has 0 radical (unpaired) electrons. The van der Waals surface area contributed by atoms with Crippen molar-refractivity contribution in [2.45, 2.75) is 0 Å². The van der Waals surface area contributed by atoms with Gasteiger partial charge < -0.3 is 5.11 Å². The zero-order valence-corrected chi connectivity index (χ0v) is 10.5. The van der Waals surface area contributed by atoms with E-state index in [4.69, 9.17) is 22.0 Å². The number of halogens is 1. The minimum absolute atomic E-state index is 0.423. The van der Waals surface area contributed by atoms with Crippen LogP contribution in [0.2, 0.25) is 5.02 Å². The maximum Gasteiger partial charge on any atom is 0.409 e. The van der Waals surface area contributed by atoms with Crippen LogP contribution in [0.4, 0.5) is 10.5 Å². The van der Waals surface area contributed by atoms with E-state index in [-0.39, 0.29) is 0 Å². The monoisotopic (exact) mass is 272 g/mol. The zero-order chi connectivity index (χ0) is 13.8. The van der Waals surface area contributed by atoms with E-state index >= 15 is 0 Å². The molecule has 1 amide bonds. The van der Waals surface area contributed by atoms with Crippen molar-refractivity contribution in [1.29, 1.82) is 5.26 Å². The predicted molar refractivity (Wildman–Crippen MR) is 73.3 cm³/mol. The molecule has 94 valence electrons. The number of hydrogen-bond acceptors (Lipinski definition) is 2. The maximum absolute atomic E-state index is 10.8. The number of anilines is 1. The molecule has 2 aromatic rings. The van der Waals surface area contributed by atoms with Crippen LogP contribution in [0.15, 0.2) is 42.5 Å². The third kappa shape index (κ3) is 3.03. The number of carbonyl (C=O) groups is 1. The van der Waals surface area contributed by atoms with E-state index in [0.717, 1.165) is 5.56 Å². The Morgan fingerprint density at radius 3 is 2.74 bits per heavy atom. The molecule has 0 saturated heterocycles. The van der Waals surface area contributed by atoms with Crippen molar-refractivity contribution in [3.05, 3.63) is 53.1 Å². The third-order valence-electron chi connectivity index (χ3n) is 2.53. The Morgan fingerprint density at radius 1 is 1.26 bits per heavy atom. The predicted octanol–water partition coefficient (Wildman–Crippen LogP) is 3.97. The minimum Gasteiger partial charge on any atom is -0.465 e. The Labute approximate surface area is 114 Å². The van der Waals surface area contributed by atoms with Crippen LogP contribution in [0.5, 0.6) is 0 Å². The first-order valence-corrected chi connectivity index (χ1v) is 5.78. The molecule has 2 N–H and O–H groups in total. The number of nitrogens with one attached hydrogen (secondary N) is 1. The Hall–Kier alpha value is -2.51. The molecule has 0 heterocycles. The van der Waals surface area contributed by atoms with Crippen molar-refractivity contribution >= 4 is 23.4 Å². The van der Waals surface area contributed by atoms with E-state index in [1.165, 1.54) is 0 Å². The van der Waals surface area contributed by atoms with E-state index < -0.39 is 6.09 Å². The Balaban J connectivity index is 2.56. The Kier molecular flexibility index (Phi) is 3.69. The molecule has 0 aromatic heterocycles. The van der Waals surface area contributed by atoms with E-state index in [9.17, 15) is 4.79 Å². The summed E-state index contributed by atoms with van der Waals surface area (Å²) in [5, 5.41) is 20.5. The van der Waals surface area contributed by atoms with Gasteiger partial charge in [-0.2, -0.15) is 5.26 Å². The van der Waals surface area contributed by atoms with Gasteiger partial charge in [0.2, 0.25) is 0 Å². The molecular formula is C14H9ClN2O2. The number of rotatable bonds is 2. The van der Waals surface area contributed by atoms with Crippen molar-refractivity contribution in [3.8, 4) is 17.2 Å². The van der Waals surface area contributed by atoms with Gasteiger partial charge in [0, 0.05) is 10.6 Å². The average Bonchev–Trinajstić information content (AvgIpc) is 2.40. The van der Waals surface area contributed by atoms with Crippen LogP contribution in [-0.2, 0) is 0 Å². The summed E-state index contributed by atoms with van der Waals surface area (Å²) < 4.78 is 0. The molecule has 0 unspecified atom stereocenters. The first-order chi connectivity index (χ1) is 9.10. The molecule has 0 aliphatic rings. The lowest BCUT2D eigenvalue weighted by Crippen LogP contribution is -2.08. The second-order valence-electron chi connectivity index (χ2n) is 3.81. The summed E-state index contributed by atoms with van der Waals surface area (Å²) in [5.41, 5.74) is 2.28. The summed E-state index contributed by atoms with van der Waals surface area (Å²) in [6.45, 7) is 0. The van der Waals surface area contributed by atoms with Gasteiger partial charge in [-0.05, 0) is 35.9 Å². The SMILES string of the molecule is N#Cc1cccc(-c2cc(Cl)ccc2NC(=O)O)c1. The molecule has 0 fully saturated rings. The van der Waals surface area contributed by atoms with Crippen molar-refractivity contribution in [1.82, 2.24) is 0 Å². The van der Waals surface area contributed by atoms with Crippen molar-refractivity contribution in [3.63, 3.8) is 0 Å². The molecular weight excluding hydrogens is 264 g/mol. The normalized spacial score (nSPS) is 9.68. The van der Waals surface area contributed by atoms with E-state index in [1.807, 2.05) is 6.07 Å². The van der Waals surface area contributed by atoms with Gasteiger partial charge in [-0.25, -0.2) is 4.79 Å². The summed E-state index contributed by atoms with van der Waals surface area (Å²) in [5.74, 6) is 0. The number of nitrogens with zero attached hydrogens (tertiary/aromatic N) is 1. The zero-order valence-electron chi connectivity index (χ0n) is 9.72. The Bertz CT molecular complexity index is 677. The highest BCUT2D eigenvalue weighted by atomic mass is 35.5. The summed E-state index contributed by atoms with van der Waals surface area (Å²) in [6, 6.07) is 13.8. The second kappa shape index (κ2) is 5.42. The quantitative estimate of drug-likeness (QED) is 0.869. The highest BCUT2D eigenvalue weighted by Crippen LogP contribution is 2.31. The van der Waals surface area contributed by atoms with Gasteiger partial charge in [0.05, 0.1) is 17.3 Å². The number of nitriles is 1. The molecule has 0 saturated carbocycles. The van der Waals surface area contributed by atoms with Crippen LogP contribution in [0.25, 0.3) is 11.1 Å². The lowest BCUT2D eigenvalue weighted by molar-refractivity contribution is 0.210. The smallest absolute Gasteiger partial charge is 0.409 e. The topological polar surface area (TPSA) is 73.1 Å². The fraction of sp³-hybridized carbons (Fsp3) is 0. The number of carboxylic acid groups (broad SMARTS) is 1. The van der Waals surface area contributed by atoms with E-state index in [0.29, 0.717) is 21.8 Å². The summed E-state index contributed by atoms with van der Waals surface area (Å²) in [6.07, 6.45) is -1.15. The highest BCUT2D eigenvalue weighted by Gasteiger charge is 2.09. The standard InChI is InChI=1S/C14H9ClN2O2/c15-11-4-5-13(17-14(18)19)12(7-11)10-3-1-2-9(6-10)8-16/h1-7,17H,(H,18,19). The number of hydrogen-bond donors (Lipinski definition) is 2. The highest BCUT2D eigenvalue weighted by molar-refractivity contribution is 6.31. The number of benzene rings is 2. The van der Waals surface area contributed by atoms with Gasteiger partial charge in [0.1, 0.15) is 0 Å². The van der Waals surface area contributed by atoms with Crippen molar-refractivity contribution in [2.75, 3.05) is 5.32 Å². The van der Waals surface area contributed by atoms with Crippen LogP contribution in [-0.4, -0.2) is 11.2 Å². The van der Waals surface area contributed by atoms with Crippen LogP contribution in [0, 0.1) is 11.3 Å². The van der Waals surface area contributed by atoms with Gasteiger partial charge >= 0.3 is 6.09 Å². The van der Waals surface area contributed by atoms with Crippen LogP contribution in [0.3, 0.4) is 0 Å². The molecule has 0 spiro atoms. The average molecular weight is 273 g/mol. The van der Waals surface area contributed by atoms with Gasteiger partial charge in [-0.3, -0.25) is 5.32 Å². The molecule has 0 bridgehead atoms. The lowest BCUT2D eigenvalue weighted by Gasteiger charge is -2.10. The first-order valence-electron chi connectivity index (χ1n) is 5.40. The first kappa shape index (κ1) is 12.9. The summed E-state index contributed by atoms with van der Waals surface area (Å²) in [4.78, 5) is 10.8. The molecule has 19 heavy (non-hydrogen) atoms. The molecule has 5 heteroatoms. The van der Waals surface area contributed by atoms with E-state index in [2.05, 4.69) is 5.32 Å². The van der Waals surface area contributed by atoms with Gasteiger partial charge in [0.15, 0.2) is 0 Å². The molecule has 0 aliphatic heterocycles. The molecule has 0 aliphatic carbocycles. The third-order valence-corrected chi connectivity index (χ3v) is 2.76. The molecule has 2 rings (SSSR count). The molecule has 0 atom stereocenters. The number of amides is 1. The maximum atomic E-state index is 10.8. The van der Waals surface area contributed by atoms with Crippen LogP contribution in [0.1, 0.15) is 5.56 Å². The summed E-state index contributed by atoms with van der Waals surface area (Å²) in [7, 11) is 0. The minimum atomic E-state index is -1.15. The van der Waals surface area contributed by atoms with Gasteiger partial charge in [-0.1, -0.05) is 23.7 Å². The van der Waals surface area contributed by atoms with E-state index in [1.54, 1.807) is 42.5 Å².